The quantitative estimate of drug-likeness (QED) is 0.912. The topological polar surface area (TPSA) is 54.5 Å². The van der Waals surface area contributed by atoms with Crippen LogP contribution >= 0.6 is 0 Å². The number of anilines is 1. The van der Waals surface area contributed by atoms with Gasteiger partial charge in [-0.2, -0.15) is 0 Å². The second-order valence-electron chi connectivity index (χ2n) is 4.47. The monoisotopic (exact) mass is 267 g/mol. The summed E-state index contributed by atoms with van der Waals surface area (Å²) in [6, 6.07) is 3.25. The molecule has 0 saturated carbocycles. The summed E-state index contributed by atoms with van der Waals surface area (Å²) in [5.41, 5.74) is 0. The molecule has 0 spiro atoms. The number of amides is 1. The molecule has 1 amide bonds. The van der Waals surface area contributed by atoms with Crippen molar-refractivity contribution in [3.63, 3.8) is 0 Å². The summed E-state index contributed by atoms with van der Waals surface area (Å²) < 4.78 is 17.7. The van der Waals surface area contributed by atoms with Crippen molar-refractivity contribution in [3.05, 3.63) is 24.1 Å². The van der Waals surface area contributed by atoms with Gasteiger partial charge in [0, 0.05) is 19.1 Å². The van der Waals surface area contributed by atoms with Crippen LogP contribution in [0.3, 0.4) is 0 Å². The van der Waals surface area contributed by atoms with Gasteiger partial charge in [0.05, 0.1) is 12.8 Å². The Kier molecular flexibility index (Phi) is 4.54. The summed E-state index contributed by atoms with van der Waals surface area (Å²) in [6.45, 7) is 3.53. The number of nitrogens with zero attached hydrogens (tertiary/aromatic N) is 2. The zero-order valence-electron chi connectivity index (χ0n) is 10.9. The third-order valence-corrected chi connectivity index (χ3v) is 3.10. The van der Waals surface area contributed by atoms with Crippen LogP contribution in [0.25, 0.3) is 0 Å². The molecule has 0 bridgehead atoms. The van der Waals surface area contributed by atoms with Gasteiger partial charge in [-0.05, 0) is 31.9 Å². The van der Waals surface area contributed by atoms with Gasteiger partial charge in [-0.3, -0.25) is 0 Å². The highest BCUT2D eigenvalue weighted by molar-refractivity contribution is 5.67. The second kappa shape index (κ2) is 6.36. The molecule has 1 fully saturated rings. The fourth-order valence-corrected chi connectivity index (χ4v) is 2.09. The van der Waals surface area contributed by atoms with E-state index in [1.54, 1.807) is 17.9 Å². The average molecular weight is 267 g/mol. The molecule has 6 heteroatoms. The predicted molar refractivity (Wildman–Crippen MR) is 69.4 cm³/mol. The average Bonchev–Trinajstić information content (AvgIpc) is 2.42. The predicted octanol–water partition coefficient (Wildman–Crippen LogP) is 2.25. The van der Waals surface area contributed by atoms with Gasteiger partial charge < -0.3 is 15.0 Å². The van der Waals surface area contributed by atoms with Crippen molar-refractivity contribution >= 4 is 11.9 Å². The Bertz CT molecular complexity index is 416. The number of rotatable bonds is 3. The zero-order valence-corrected chi connectivity index (χ0v) is 10.9. The summed E-state index contributed by atoms with van der Waals surface area (Å²) in [6.07, 6.45) is 2.60. The van der Waals surface area contributed by atoms with E-state index in [9.17, 15) is 9.18 Å². The van der Waals surface area contributed by atoms with Crippen molar-refractivity contribution in [2.75, 3.05) is 25.0 Å². The standard InChI is InChI=1S/C13H18FN3O2/c1-2-19-13(18)17-7-5-11(6-8-17)16-12-4-3-10(14)9-15-12/h3-4,9,11H,2,5-8H2,1H3,(H,15,16). The van der Waals surface area contributed by atoms with E-state index in [1.807, 2.05) is 0 Å². The number of piperidine rings is 1. The van der Waals surface area contributed by atoms with Crippen LogP contribution in [0.15, 0.2) is 18.3 Å². The lowest BCUT2D eigenvalue weighted by atomic mass is 10.1. The highest BCUT2D eigenvalue weighted by atomic mass is 19.1. The van der Waals surface area contributed by atoms with Crippen LogP contribution < -0.4 is 5.32 Å². The maximum atomic E-state index is 12.7. The Hall–Kier alpha value is -1.85. The van der Waals surface area contributed by atoms with Crippen molar-refractivity contribution in [1.29, 1.82) is 0 Å². The SMILES string of the molecule is CCOC(=O)N1CCC(Nc2ccc(F)cn2)CC1. The molecule has 0 atom stereocenters. The molecule has 0 radical (unpaired) electrons. The van der Waals surface area contributed by atoms with Gasteiger partial charge in [0.15, 0.2) is 0 Å². The number of carbonyl (C=O) groups is 1. The first-order valence-corrected chi connectivity index (χ1v) is 6.49. The van der Waals surface area contributed by atoms with E-state index < -0.39 is 0 Å². The van der Waals surface area contributed by atoms with Crippen LogP contribution in [0.2, 0.25) is 0 Å². The molecule has 104 valence electrons. The van der Waals surface area contributed by atoms with E-state index in [-0.39, 0.29) is 18.0 Å². The molecule has 1 N–H and O–H groups in total. The number of ether oxygens (including phenoxy) is 1. The molecule has 0 aromatic carbocycles. The van der Waals surface area contributed by atoms with Gasteiger partial charge in [-0.25, -0.2) is 14.2 Å². The molecule has 0 aliphatic carbocycles. The third kappa shape index (κ3) is 3.81. The van der Waals surface area contributed by atoms with Crippen LogP contribution in [0.5, 0.6) is 0 Å². The number of halogens is 1. The molecule has 1 aromatic heterocycles. The van der Waals surface area contributed by atoms with E-state index in [0.29, 0.717) is 25.5 Å². The van der Waals surface area contributed by atoms with E-state index in [0.717, 1.165) is 12.8 Å². The number of hydrogen-bond acceptors (Lipinski definition) is 4. The van der Waals surface area contributed by atoms with E-state index in [1.165, 1.54) is 12.3 Å². The molecular weight excluding hydrogens is 249 g/mol. The highest BCUT2D eigenvalue weighted by Gasteiger charge is 2.23. The van der Waals surface area contributed by atoms with Gasteiger partial charge in [0.1, 0.15) is 11.6 Å². The third-order valence-electron chi connectivity index (χ3n) is 3.10. The van der Waals surface area contributed by atoms with Crippen molar-refractivity contribution in [3.8, 4) is 0 Å². The maximum Gasteiger partial charge on any atom is 0.409 e. The number of hydrogen-bond donors (Lipinski definition) is 1. The Labute approximate surface area is 111 Å². The second-order valence-corrected chi connectivity index (χ2v) is 4.47. The van der Waals surface area contributed by atoms with Crippen LogP contribution in [-0.2, 0) is 4.74 Å². The summed E-state index contributed by atoms with van der Waals surface area (Å²) in [7, 11) is 0. The first kappa shape index (κ1) is 13.6. The van der Waals surface area contributed by atoms with Crippen molar-refractivity contribution in [2.45, 2.75) is 25.8 Å². The number of nitrogens with one attached hydrogen (secondary N) is 1. The molecule has 2 heterocycles. The lowest BCUT2D eigenvalue weighted by Gasteiger charge is -2.31. The maximum absolute atomic E-state index is 12.7. The summed E-state index contributed by atoms with van der Waals surface area (Å²) in [5, 5.41) is 3.24. The number of carbonyl (C=O) groups excluding carboxylic acids is 1. The van der Waals surface area contributed by atoms with Gasteiger partial charge in [0.2, 0.25) is 0 Å². The molecular formula is C13H18FN3O2. The zero-order chi connectivity index (χ0) is 13.7. The Morgan fingerprint density at radius 3 is 2.84 bits per heavy atom. The molecule has 1 aromatic rings. The van der Waals surface area contributed by atoms with Crippen LogP contribution in [0.1, 0.15) is 19.8 Å². The van der Waals surface area contributed by atoms with E-state index >= 15 is 0 Å². The number of aromatic nitrogens is 1. The summed E-state index contributed by atoms with van der Waals surface area (Å²) in [4.78, 5) is 17.2. The van der Waals surface area contributed by atoms with Gasteiger partial charge in [-0.1, -0.05) is 0 Å². The largest absolute Gasteiger partial charge is 0.450 e. The smallest absolute Gasteiger partial charge is 0.409 e. The Balaban J connectivity index is 1.80. The Morgan fingerprint density at radius 1 is 1.53 bits per heavy atom. The minimum atomic E-state index is -0.345. The summed E-state index contributed by atoms with van der Waals surface area (Å²) in [5.74, 6) is 0.318. The fourth-order valence-electron chi connectivity index (χ4n) is 2.09. The normalized spacial score (nSPS) is 16.2. The molecule has 1 saturated heterocycles. The molecule has 1 aliphatic heterocycles. The lowest BCUT2D eigenvalue weighted by Crippen LogP contribution is -2.42. The van der Waals surface area contributed by atoms with Crippen molar-refractivity contribution < 1.29 is 13.9 Å². The summed E-state index contributed by atoms with van der Waals surface area (Å²) >= 11 is 0. The van der Waals surface area contributed by atoms with Gasteiger partial charge in [-0.15, -0.1) is 0 Å². The lowest BCUT2D eigenvalue weighted by molar-refractivity contribution is 0.0983. The minimum Gasteiger partial charge on any atom is -0.450 e. The molecule has 1 aliphatic rings. The van der Waals surface area contributed by atoms with Crippen LogP contribution in [0.4, 0.5) is 15.0 Å². The van der Waals surface area contributed by atoms with Crippen LogP contribution in [-0.4, -0.2) is 41.7 Å². The Morgan fingerprint density at radius 2 is 2.26 bits per heavy atom. The first-order valence-electron chi connectivity index (χ1n) is 6.49. The highest BCUT2D eigenvalue weighted by Crippen LogP contribution is 2.16. The van der Waals surface area contributed by atoms with E-state index in [4.69, 9.17) is 4.74 Å². The van der Waals surface area contributed by atoms with Crippen molar-refractivity contribution in [2.24, 2.45) is 0 Å². The molecule has 19 heavy (non-hydrogen) atoms. The van der Waals surface area contributed by atoms with Crippen LogP contribution in [0, 0.1) is 5.82 Å². The number of pyridine rings is 1. The minimum absolute atomic E-state index is 0.249. The first-order chi connectivity index (χ1) is 9.19. The van der Waals surface area contributed by atoms with Gasteiger partial charge in [0.25, 0.3) is 0 Å². The molecule has 5 nitrogen and oxygen atoms in total. The van der Waals surface area contributed by atoms with E-state index in [2.05, 4.69) is 10.3 Å². The van der Waals surface area contributed by atoms with Crippen molar-refractivity contribution in [1.82, 2.24) is 9.88 Å². The molecule has 0 unspecified atom stereocenters. The molecule has 2 rings (SSSR count). The number of likely N-dealkylation sites (tertiary alicyclic amines) is 1. The fraction of sp³-hybridized carbons (Fsp3) is 0.538. The van der Waals surface area contributed by atoms with Gasteiger partial charge >= 0.3 is 6.09 Å².